The molecule has 0 radical (unpaired) electrons. The standard InChI is InChI=1S/C6H10O2.C2H6O2/c1-3-5(4-2)6(7)8;3-1-2-4/h3H,4H2,1-2H3,(H,7,8);3-4H,1-2H2. The number of aliphatic hydroxyl groups is 2. The molecule has 0 aromatic heterocycles. The Labute approximate surface area is 72.2 Å². The van der Waals surface area contributed by atoms with Gasteiger partial charge in [-0.05, 0) is 13.3 Å². The molecule has 0 spiro atoms. The molecule has 4 nitrogen and oxygen atoms in total. The fraction of sp³-hybridized carbons (Fsp3) is 0.625. The molecule has 0 saturated heterocycles. The number of allylic oxidation sites excluding steroid dienone is 1. The summed E-state index contributed by atoms with van der Waals surface area (Å²) in [6.45, 7) is 3.30. The highest BCUT2D eigenvalue weighted by Crippen LogP contribution is 1.97. The van der Waals surface area contributed by atoms with Crippen LogP contribution in [0.25, 0.3) is 0 Å². The van der Waals surface area contributed by atoms with Crippen molar-refractivity contribution < 1.29 is 20.1 Å². The summed E-state index contributed by atoms with van der Waals surface area (Å²) in [7, 11) is 0. The van der Waals surface area contributed by atoms with Gasteiger partial charge in [-0.1, -0.05) is 13.0 Å². The molecule has 0 aromatic carbocycles. The largest absolute Gasteiger partial charge is 0.478 e. The van der Waals surface area contributed by atoms with Crippen LogP contribution in [0.15, 0.2) is 11.6 Å². The first-order chi connectivity index (χ1) is 5.63. The highest BCUT2D eigenvalue weighted by molar-refractivity contribution is 5.86. The van der Waals surface area contributed by atoms with Crippen molar-refractivity contribution in [2.75, 3.05) is 13.2 Å². The van der Waals surface area contributed by atoms with Gasteiger partial charge in [-0.25, -0.2) is 4.79 Å². The topological polar surface area (TPSA) is 77.8 Å². The third-order valence-corrected chi connectivity index (χ3v) is 1.10. The van der Waals surface area contributed by atoms with Crippen molar-refractivity contribution in [3.63, 3.8) is 0 Å². The van der Waals surface area contributed by atoms with Crippen LogP contribution in [-0.4, -0.2) is 34.5 Å². The highest BCUT2D eigenvalue weighted by atomic mass is 16.4. The van der Waals surface area contributed by atoms with Crippen LogP contribution in [0, 0.1) is 0 Å². The summed E-state index contributed by atoms with van der Waals surface area (Å²) >= 11 is 0. The summed E-state index contributed by atoms with van der Waals surface area (Å²) < 4.78 is 0. The van der Waals surface area contributed by atoms with Crippen LogP contribution in [0.3, 0.4) is 0 Å². The predicted molar refractivity (Wildman–Crippen MR) is 45.9 cm³/mol. The van der Waals surface area contributed by atoms with E-state index in [9.17, 15) is 4.79 Å². The number of carboxylic acid groups (broad SMARTS) is 1. The maximum atomic E-state index is 10.1. The van der Waals surface area contributed by atoms with E-state index in [-0.39, 0.29) is 13.2 Å². The van der Waals surface area contributed by atoms with Gasteiger partial charge in [-0.3, -0.25) is 0 Å². The summed E-state index contributed by atoms with van der Waals surface area (Å²) in [6, 6.07) is 0. The van der Waals surface area contributed by atoms with E-state index >= 15 is 0 Å². The zero-order valence-corrected chi connectivity index (χ0v) is 7.45. The molecule has 0 heterocycles. The summed E-state index contributed by atoms with van der Waals surface area (Å²) in [4.78, 5) is 10.1. The average Bonchev–Trinajstić information content (AvgIpc) is 2.07. The lowest BCUT2D eigenvalue weighted by molar-refractivity contribution is -0.132. The van der Waals surface area contributed by atoms with E-state index in [0.717, 1.165) is 0 Å². The van der Waals surface area contributed by atoms with Crippen molar-refractivity contribution in [2.45, 2.75) is 20.3 Å². The van der Waals surface area contributed by atoms with Crippen molar-refractivity contribution in [3.8, 4) is 0 Å². The summed E-state index contributed by atoms with van der Waals surface area (Å²) in [5.74, 6) is -0.810. The Balaban J connectivity index is 0. The van der Waals surface area contributed by atoms with Crippen LogP contribution in [0.4, 0.5) is 0 Å². The van der Waals surface area contributed by atoms with Gasteiger partial charge in [0.25, 0.3) is 0 Å². The Kier molecular flexibility index (Phi) is 11.6. The van der Waals surface area contributed by atoms with Gasteiger partial charge in [-0.2, -0.15) is 0 Å². The monoisotopic (exact) mass is 176 g/mol. The number of hydrogen-bond acceptors (Lipinski definition) is 3. The quantitative estimate of drug-likeness (QED) is 0.544. The second kappa shape index (κ2) is 10.1. The maximum Gasteiger partial charge on any atom is 0.331 e. The van der Waals surface area contributed by atoms with Crippen LogP contribution in [0.2, 0.25) is 0 Å². The molecular formula is C8H16O4. The smallest absolute Gasteiger partial charge is 0.331 e. The first-order valence-electron chi connectivity index (χ1n) is 3.74. The molecule has 0 saturated carbocycles. The van der Waals surface area contributed by atoms with Crippen molar-refractivity contribution >= 4 is 5.97 Å². The van der Waals surface area contributed by atoms with E-state index in [0.29, 0.717) is 12.0 Å². The van der Waals surface area contributed by atoms with Crippen LogP contribution >= 0.6 is 0 Å². The number of aliphatic hydroxyl groups excluding tert-OH is 2. The summed E-state index contributed by atoms with van der Waals surface area (Å²) in [6.07, 6.45) is 2.22. The lowest BCUT2D eigenvalue weighted by atomic mass is 10.2. The Morgan fingerprint density at radius 2 is 1.75 bits per heavy atom. The highest BCUT2D eigenvalue weighted by Gasteiger charge is 1.99. The van der Waals surface area contributed by atoms with Crippen molar-refractivity contribution in [2.24, 2.45) is 0 Å². The van der Waals surface area contributed by atoms with Crippen LogP contribution in [-0.2, 0) is 4.79 Å². The molecule has 0 rings (SSSR count). The normalized spacial score (nSPS) is 10.2. The van der Waals surface area contributed by atoms with Crippen molar-refractivity contribution in [1.29, 1.82) is 0 Å². The van der Waals surface area contributed by atoms with E-state index < -0.39 is 5.97 Å². The minimum absolute atomic E-state index is 0.125. The molecule has 0 aliphatic carbocycles. The fourth-order valence-electron chi connectivity index (χ4n) is 0.479. The number of aliphatic carboxylic acids is 1. The van der Waals surface area contributed by atoms with E-state index in [1.165, 1.54) is 0 Å². The van der Waals surface area contributed by atoms with Crippen LogP contribution < -0.4 is 0 Å². The van der Waals surface area contributed by atoms with E-state index in [1.54, 1.807) is 13.0 Å². The van der Waals surface area contributed by atoms with Gasteiger partial charge < -0.3 is 15.3 Å². The molecule has 0 aromatic rings. The van der Waals surface area contributed by atoms with E-state index in [2.05, 4.69) is 0 Å². The van der Waals surface area contributed by atoms with Crippen LogP contribution in [0.5, 0.6) is 0 Å². The second-order valence-corrected chi connectivity index (χ2v) is 1.92. The molecule has 0 aliphatic heterocycles. The van der Waals surface area contributed by atoms with E-state index in [1.807, 2.05) is 6.92 Å². The molecule has 0 atom stereocenters. The molecule has 4 heteroatoms. The number of carboxylic acids is 1. The van der Waals surface area contributed by atoms with Gasteiger partial charge in [-0.15, -0.1) is 0 Å². The number of carbonyl (C=O) groups is 1. The SMILES string of the molecule is CC=C(CC)C(=O)O.OCCO. The third-order valence-electron chi connectivity index (χ3n) is 1.10. The van der Waals surface area contributed by atoms with Crippen molar-refractivity contribution in [1.82, 2.24) is 0 Å². The number of rotatable bonds is 3. The van der Waals surface area contributed by atoms with E-state index in [4.69, 9.17) is 15.3 Å². The number of hydrogen-bond donors (Lipinski definition) is 3. The third kappa shape index (κ3) is 9.13. The molecular weight excluding hydrogens is 160 g/mol. The molecule has 72 valence electrons. The zero-order valence-electron chi connectivity index (χ0n) is 7.45. The van der Waals surface area contributed by atoms with Gasteiger partial charge in [0, 0.05) is 5.57 Å². The van der Waals surface area contributed by atoms with Gasteiger partial charge in [0.05, 0.1) is 13.2 Å². The lowest BCUT2D eigenvalue weighted by Gasteiger charge is -1.91. The van der Waals surface area contributed by atoms with Crippen molar-refractivity contribution in [3.05, 3.63) is 11.6 Å². The molecule has 0 bridgehead atoms. The minimum atomic E-state index is -0.810. The zero-order chi connectivity index (χ0) is 9.98. The molecule has 3 N–H and O–H groups in total. The Bertz CT molecular complexity index is 138. The Morgan fingerprint density at radius 1 is 1.33 bits per heavy atom. The second-order valence-electron chi connectivity index (χ2n) is 1.92. The lowest BCUT2D eigenvalue weighted by Crippen LogP contribution is -1.97. The Hall–Kier alpha value is -0.870. The minimum Gasteiger partial charge on any atom is -0.478 e. The summed E-state index contributed by atoms with van der Waals surface area (Å²) in [5, 5.41) is 23.6. The Morgan fingerprint density at radius 3 is 1.75 bits per heavy atom. The van der Waals surface area contributed by atoms with Gasteiger partial charge in [0.1, 0.15) is 0 Å². The van der Waals surface area contributed by atoms with Gasteiger partial charge >= 0.3 is 5.97 Å². The molecule has 0 unspecified atom stereocenters. The average molecular weight is 176 g/mol. The van der Waals surface area contributed by atoms with Gasteiger partial charge in [0.15, 0.2) is 0 Å². The van der Waals surface area contributed by atoms with Crippen LogP contribution in [0.1, 0.15) is 20.3 Å². The first kappa shape index (κ1) is 13.7. The summed E-state index contributed by atoms with van der Waals surface area (Å²) in [5.41, 5.74) is 0.477. The van der Waals surface area contributed by atoms with Gasteiger partial charge in [0.2, 0.25) is 0 Å². The molecule has 0 amide bonds. The molecule has 12 heavy (non-hydrogen) atoms. The first-order valence-corrected chi connectivity index (χ1v) is 3.74. The predicted octanol–water partition coefficient (Wildman–Crippen LogP) is 0.398. The maximum absolute atomic E-state index is 10.1. The molecule has 0 aliphatic rings. The fourth-order valence-corrected chi connectivity index (χ4v) is 0.479. The molecule has 0 fully saturated rings.